The fourth-order valence-corrected chi connectivity index (χ4v) is 0. The first-order valence-electron chi connectivity index (χ1n) is 1.08. The molecule has 0 fully saturated rings. The van der Waals surface area contributed by atoms with E-state index in [9.17, 15) is 4.57 Å². The maximum absolute atomic E-state index is 9.24. The molecule has 4 nitrogen and oxygen atoms in total. The number of hydrogen-bond acceptors (Lipinski definition) is 4. The van der Waals surface area contributed by atoms with Gasteiger partial charge in [-0.3, -0.25) is 0 Å². The number of rotatable bonds is 1. The standard InChI is InChI=1S/H4O4P2/c1-5-6(2,3)4/h2-4,6H. The van der Waals surface area contributed by atoms with Crippen LogP contribution >= 0.6 is 15.8 Å². The van der Waals surface area contributed by atoms with Crippen LogP contribution < -0.4 is 0 Å². The SMILES string of the molecule is O=P[PH](O)(O)O. The molecule has 0 amide bonds. The first kappa shape index (κ1) is 6.41. The third kappa shape index (κ3) is 4.41. The van der Waals surface area contributed by atoms with Crippen LogP contribution in [0.1, 0.15) is 0 Å². The third-order valence-corrected chi connectivity index (χ3v) is 1.10. The molecule has 0 aliphatic carbocycles. The summed E-state index contributed by atoms with van der Waals surface area (Å²) in [5.41, 5.74) is 0. The summed E-state index contributed by atoms with van der Waals surface area (Å²) in [6, 6.07) is 0. The van der Waals surface area contributed by atoms with Crippen molar-refractivity contribution in [1.82, 2.24) is 0 Å². The van der Waals surface area contributed by atoms with E-state index in [2.05, 4.69) is 0 Å². The van der Waals surface area contributed by atoms with Crippen LogP contribution in [0.4, 0.5) is 0 Å². The molecule has 6 heteroatoms. The summed E-state index contributed by atoms with van der Waals surface area (Å²) in [5, 5.41) is 0. The van der Waals surface area contributed by atoms with Crippen LogP contribution in [0.5, 0.6) is 0 Å². The molecule has 0 rings (SSSR count). The summed E-state index contributed by atoms with van der Waals surface area (Å²) < 4.78 is 9.24. The molecule has 0 heterocycles. The van der Waals surface area contributed by atoms with Crippen molar-refractivity contribution in [2.75, 3.05) is 0 Å². The van der Waals surface area contributed by atoms with Gasteiger partial charge in [-0.1, -0.05) is 0 Å². The monoisotopic (exact) mass is 130 g/mol. The van der Waals surface area contributed by atoms with Crippen LogP contribution in [0, 0.1) is 0 Å². The summed E-state index contributed by atoms with van der Waals surface area (Å²) in [7, 11) is -5.18. The van der Waals surface area contributed by atoms with Crippen LogP contribution in [0.15, 0.2) is 0 Å². The van der Waals surface area contributed by atoms with Gasteiger partial charge in [0, 0.05) is 0 Å². The summed E-state index contributed by atoms with van der Waals surface area (Å²) in [6.07, 6.45) is 0. The average molecular weight is 130 g/mol. The molecule has 0 atom stereocenters. The van der Waals surface area contributed by atoms with Crippen LogP contribution in [0.25, 0.3) is 0 Å². The average Bonchev–Trinajstić information content (AvgIpc) is 1.35. The molecule has 38 valence electrons. The molecule has 0 saturated heterocycles. The molecule has 0 spiro atoms. The molecular weight excluding hydrogens is 126 g/mol. The molecule has 0 unspecified atom stereocenters. The molecule has 0 aromatic heterocycles. The Morgan fingerprint density at radius 2 is 1.50 bits per heavy atom. The zero-order valence-corrected chi connectivity index (χ0v) is 4.59. The predicted octanol–water partition coefficient (Wildman–Crippen LogP) is -0.335. The van der Waals surface area contributed by atoms with E-state index in [0.717, 1.165) is 0 Å². The maximum atomic E-state index is 9.24. The van der Waals surface area contributed by atoms with Gasteiger partial charge < -0.3 is 0 Å². The minimum absolute atomic E-state index is 0.970. The molecule has 0 bridgehead atoms. The van der Waals surface area contributed by atoms with Crippen LogP contribution in [-0.4, -0.2) is 14.7 Å². The van der Waals surface area contributed by atoms with Crippen molar-refractivity contribution in [1.29, 1.82) is 0 Å². The fourth-order valence-electron chi connectivity index (χ4n) is 0. The Balaban J connectivity index is 3.45. The third-order valence-electron chi connectivity index (χ3n) is 0.122. The molecule has 0 aliphatic heterocycles. The van der Waals surface area contributed by atoms with Gasteiger partial charge in [0.05, 0.1) is 0 Å². The second-order valence-electron chi connectivity index (χ2n) is 0.691. The van der Waals surface area contributed by atoms with Gasteiger partial charge in [-0.2, -0.15) is 0 Å². The first-order valence-corrected chi connectivity index (χ1v) is 4.57. The summed E-state index contributed by atoms with van der Waals surface area (Å²) in [5.74, 6) is 0. The first-order chi connectivity index (χ1) is 2.56. The van der Waals surface area contributed by atoms with E-state index in [4.69, 9.17) is 14.7 Å². The molecule has 0 aromatic rings. The van der Waals surface area contributed by atoms with Gasteiger partial charge >= 0.3 is 35.0 Å². The summed E-state index contributed by atoms with van der Waals surface area (Å²) in [4.78, 5) is 23.3. The van der Waals surface area contributed by atoms with Crippen molar-refractivity contribution in [3.63, 3.8) is 0 Å². The van der Waals surface area contributed by atoms with Crippen molar-refractivity contribution >= 4 is 15.8 Å². The van der Waals surface area contributed by atoms with Crippen LogP contribution in [0.2, 0.25) is 0 Å². The topological polar surface area (TPSA) is 77.8 Å². The van der Waals surface area contributed by atoms with Crippen molar-refractivity contribution in [2.45, 2.75) is 0 Å². The Kier molecular flexibility index (Phi) is 2.05. The Morgan fingerprint density at radius 1 is 1.33 bits per heavy atom. The molecule has 3 N–H and O–H groups in total. The van der Waals surface area contributed by atoms with Crippen LogP contribution in [-0.2, 0) is 4.57 Å². The molecule has 0 radical (unpaired) electrons. The minimum atomic E-state index is -4.21. The van der Waals surface area contributed by atoms with E-state index in [1.165, 1.54) is 0 Å². The molecule has 0 aliphatic rings. The Hall–Kier alpha value is 0.410. The van der Waals surface area contributed by atoms with Gasteiger partial charge in [-0.15, -0.1) is 0 Å². The summed E-state index contributed by atoms with van der Waals surface area (Å²) >= 11 is 0. The predicted molar refractivity (Wildman–Crippen MR) is 22.6 cm³/mol. The zero-order chi connectivity index (χ0) is 5.21. The second-order valence-corrected chi connectivity index (χ2v) is 4.42. The normalized spacial score (nSPS) is 15.2. The van der Waals surface area contributed by atoms with Gasteiger partial charge in [-0.05, 0) is 0 Å². The van der Waals surface area contributed by atoms with E-state index in [0.29, 0.717) is 0 Å². The van der Waals surface area contributed by atoms with Crippen molar-refractivity contribution in [3.05, 3.63) is 0 Å². The van der Waals surface area contributed by atoms with Crippen molar-refractivity contribution in [2.24, 2.45) is 0 Å². The zero-order valence-electron chi connectivity index (χ0n) is 2.70. The van der Waals surface area contributed by atoms with Gasteiger partial charge in [0.15, 0.2) is 0 Å². The molecule has 6 heavy (non-hydrogen) atoms. The van der Waals surface area contributed by atoms with Gasteiger partial charge in [0.25, 0.3) is 0 Å². The van der Waals surface area contributed by atoms with Gasteiger partial charge in [-0.25, -0.2) is 0 Å². The van der Waals surface area contributed by atoms with E-state index in [1.54, 1.807) is 0 Å². The van der Waals surface area contributed by atoms with Crippen LogP contribution in [0.3, 0.4) is 0 Å². The van der Waals surface area contributed by atoms with Crippen molar-refractivity contribution < 1.29 is 19.2 Å². The van der Waals surface area contributed by atoms with Gasteiger partial charge in [0.2, 0.25) is 0 Å². The van der Waals surface area contributed by atoms with E-state index in [-0.39, 0.29) is 0 Å². The fraction of sp³-hybridized carbons (Fsp3) is 0. The Labute approximate surface area is 36.1 Å². The van der Waals surface area contributed by atoms with E-state index >= 15 is 0 Å². The Morgan fingerprint density at radius 3 is 1.50 bits per heavy atom. The van der Waals surface area contributed by atoms with E-state index < -0.39 is 15.8 Å². The van der Waals surface area contributed by atoms with Gasteiger partial charge in [0.1, 0.15) is 0 Å². The van der Waals surface area contributed by atoms with E-state index in [1.807, 2.05) is 0 Å². The quantitative estimate of drug-likeness (QED) is 0.424. The van der Waals surface area contributed by atoms with Crippen molar-refractivity contribution in [3.8, 4) is 0 Å². The Bertz CT molecular complexity index is 51.1. The second kappa shape index (κ2) is 1.92. The number of hydrogen-bond donors (Lipinski definition) is 3. The summed E-state index contributed by atoms with van der Waals surface area (Å²) in [6.45, 7) is 0. The molecular formula is H4O4P2. The molecule has 0 saturated carbocycles. The molecule has 0 aromatic carbocycles.